The Morgan fingerprint density at radius 2 is 1.87 bits per heavy atom. The average molecular weight is 412 g/mol. The number of likely N-dealkylation sites (tertiary alicyclic amines) is 1. The first kappa shape index (κ1) is 20.9. The maximum Gasteiger partial charge on any atom is 0.256 e. The van der Waals surface area contributed by atoms with E-state index in [-0.39, 0.29) is 11.9 Å². The number of hydrogen-bond acceptors (Lipinski definition) is 5. The van der Waals surface area contributed by atoms with Crippen molar-refractivity contribution in [2.24, 2.45) is 0 Å². The zero-order valence-electron chi connectivity index (χ0n) is 18.4. The predicted molar refractivity (Wildman–Crippen MR) is 117 cm³/mol. The zero-order valence-corrected chi connectivity index (χ0v) is 18.4. The number of carbonyl (C=O) groups is 1. The Bertz CT molecular complexity index is 893. The first-order valence-electron chi connectivity index (χ1n) is 11.2. The molecule has 0 aliphatic carbocycles. The molecule has 2 aliphatic rings. The highest BCUT2D eigenvalue weighted by Crippen LogP contribution is 2.30. The van der Waals surface area contributed by atoms with Crippen molar-refractivity contribution in [3.63, 3.8) is 0 Å². The summed E-state index contributed by atoms with van der Waals surface area (Å²) >= 11 is 0. The molecule has 2 fully saturated rings. The molecule has 2 aromatic rings. The lowest BCUT2D eigenvalue weighted by Crippen LogP contribution is -2.45. The Morgan fingerprint density at radius 3 is 2.57 bits per heavy atom. The van der Waals surface area contributed by atoms with Crippen LogP contribution in [-0.4, -0.2) is 46.6 Å². The molecule has 6 heteroatoms. The third-order valence-electron chi connectivity index (χ3n) is 6.30. The number of aromatic nitrogens is 1. The van der Waals surface area contributed by atoms with Gasteiger partial charge in [0.15, 0.2) is 5.89 Å². The summed E-state index contributed by atoms with van der Waals surface area (Å²) in [4.78, 5) is 22.5. The molecule has 0 radical (unpaired) electrons. The first-order chi connectivity index (χ1) is 14.3. The van der Waals surface area contributed by atoms with Gasteiger partial charge in [-0.2, -0.15) is 0 Å². The van der Waals surface area contributed by atoms with E-state index in [0.29, 0.717) is 23.8 Å². The molecule has 30 heavy (non-hydrogen) atoms. The highest BCUT2D eigenvalue weighted by molar-refractivity contribution is 6.00. The average Bonchev–Trinajstić information content (AvgIpc) is 3.37. The zero-order chi connectivity index (χ0) is 21.3. The largest absolute Gasteiger partial charge is 0.446 e. The topological polar surface area (TPSA) is 69.8 Å². The Morgan fingerprint density at radius 1 is 1.17 bits per heavy atom. The van der Waals surface area contributed by atoms with Gasteiger partial charge < -0.3 is 19.3 Å². The van der Waals surface area contributed by atoms with Crippen LogP contribution in [0.25, 0.3) is 0 Å². The molecule has 1 aromatic heterocycles. The molecular formula is C24H33N3O3. The van der Waals surface area contributed by atoms with Crippen molar-refractivity contribution in [3.8, 4) is 0 Å². The van der Waals surface area contributed by atoms with Gasteiger partial charge in [0.2, 0.25) is 0 Å². The molecule has 1 aromatic carbocycles. The minimum absolute atomic E-state index is 0.0607. The number of piperidine rings is 1. The van der Waals surface area contributed by atoms with Crippen molar-refractivity contribution in [2.75, 3.05) is 24.5 Å². The molecular weight excluding hydrogens is 378 g/mol. The Kier molecular flexibility index (Phi) is 5.87. The second-order valence-corrected chi connectivity index (χ2v) is 9.13. The number of oxazole rings is 1. The number of aliphatic hydroxyl groups is 1. The van der Waals surface area contributed by atoms with Crippen molar-refractivity contribution < 1.29 is 14.3 Å². The fourth-order valence-corrected chi connectivity index (χ4v) is 4.83. The lowest BCUT2D eigenvalue weighted by molar-refractivity contribution is 0.0604. The van der Waals surface area contributed by atoms with Crippen molar-refractivity contribution in [3.05, 3.63) is 47.2 Å². The maximum absolute atomic E-state index is 13.6. The fourth-order valence-electron chi connectivity index (χ4n) is 4.83. The summed E-state index contributed by atoms with van der Waals surface area (Å²) in [7, 11) is 0. The molecule has 2 saturated heterocycles. The minimum Gasteiger partial charge on any atom is -0.446 e. The molecule has 3 heterocycles. The Balaban J connectivity index is 1.57. The molecule has 162 valence electrons. The van der Waals surface area contributed by atoms with E-state index in [1.165, 1.54) is 12.8 Å². The van der Waals surface area contributed by atoms with E-state index in [1.807, 2.05) is 30.0 Å². The molecule has 0 bridgehead atoms. The quantitative estimate of drug-likeness (QED) is 0.804. The SMILES string of the molecule is Cc1oc(CC2CCCCN2C(=O)c2ccccc2N2CCCC2)nc1C(C)(C)O. The van der Waals surface area contributed by atoms with Crippen LogP contribution in [0.15, 0.2) is 28.7 Å². The fraction of sp³-hybridized carbons (Fsp3) is 0.583. The normalized spacial score (nSPS) is 20.1. The molecule has 1 unspecified atom stereocenters. The van der Waals surface area contributed by atoms with Gasteiger partial charge in [0.1, 0.15) is 17.1 Å². The lowest BCUT2D eigenvalue weighted by atomic mass is 9.97. The maximum atomic E-state index is 13.6. The molecule has 6 nitrogen and oxygen atoms in total. The van der Waals surface area contributed by atoms with Crippen LogP contribution >= 0.6 is 0 Å². The number of carbonyl (C=O) groups excluding carboxylic acids is 1. The van der Waals surface area contributed by atoms with Crippen LogP contribution < -0.4 is 4.90 Å². The second-order valence-electron chi connectivity index (χ2n) is 9.13. The van der Waals surface area contributed by atoms with E-state index in [2.05, 4.69) is 16.0 Å². The van der Waals surface area contributed by atoms with Crippen LogP contribution in [0.5, 0.6) is 0 Å². The van der Waals surface area contributed by atoms with Gasteiger partial charge in [-0.3, -0.25) is 4.79 Å². The summed E-state index contributed by atoms with van der Waals surface area (Å²) in [6, 6.07) is 8.07. The van der Waals surface area contributed by atoms with Crippen LogP contribution in [0.3, 0.4) is 0 Å². The minimum atomic E-state index is -1.04. The van der Waals surface area contributed by atoms with Crippen molar-refractivity contribution >= 4 is 11.6 Å². The highest BCUT2D eigenvalue weighted by atomic mass is 16.4. The van der Waals surface area contributed by atoms with Crippen LogP contribution in [0, 0.1) is 6.92 Å². The third kappa shape index (κ3) is 4.24. The van der Waals surface area contributed by atoms with Gasteiger partial charge in [0.25, 0.3) is 5.91 Å². The van der Waals surface area contributed by atoms with Gasteiger partial charge >= 0.3 is 0 Å². The number of para-hydroxylation sites is 1. The van der Waals surface area contributed by atoms with E-state index >= 15 is 0 Å². The second kappa shape index (κ2) is 8.42. The molecule has 2 aliphatic heterocycles. The van der Waals surface area contributed by atoms with Gasteiger partial charge in [0.05, 0.1) is 5.56 Å². The molecule has 1 N–H and O–H groups in total. The number of anilines is 1. The van der Waals surface area contributed by atoms with Crippen LogP contribution in [0.4, 0.5) is 5.69 Å². The van der Waals surface area contributed by atoms with Gasteiger partial charge in [0, 0.05) is 37.8 Å². The van der Waals surface area contributed by atoms with E-state index in [9.17, 15) is 9.90 Å². The van der Waals surface area contributed by atoms with E-state index in [1.54, 1.807) is 13.8 Å². The van der Waals surface area contributed by atoms with Gasteiger partial charge in [-0.25, -0.2) is 4.98 Å². The predicted octanol–water partition coefficient (Wildman–Crippen LogP) is 4.05. The molecule has 1 amide bonds. The van der Waals surface area contributed by atoms with E-state index < -0.39 is 5.60 Å². The number of nitrogens with zero attached hydrogens (tertiary/aromatic N) is 3. The number of hydrogen-bond donors (Lipinski definition) is 1. The first-order valence-corrected chi connectivity index (χ1v) is 11.2. The summed E-state index contributed by atoms with van der Waals surface area (Å²) in [6.07, 6.45) is 6.00. The highest BCUT2D eigenvalue weighted by Gasteiger charge is 2.32. The van der Waals surface area contributed by atoms with Crippen molar-refractivity contribution in [1.82, 2.24) is 9.88 Å². The van der Waals surface area contributed by atoms with Gasteiger partial charge in [-0.05, 0) is 65.0 Å². The van der Waals surface area contributed by atoms with E-state index in [4.69, 9.17) is 4.42 Å². The van der Waals surface area contributed by atoms with Crippen LogP contribution in [-0.2, 0) is 12.0 Å². The Labute approximate surface area is 178 Å². The molecule has 4 rings (SSSR count). The van der Waals surface area contributed by atoms with Gasteiger partial charge in [-0.1, -0.05) is 12.1 Å². The lowest BCUT2D eigenvalue weighted by Gasteiger charge is -2.36. The summed E-state index contributed by atoms with van der Waals surface area (Å²) in [5.74, 6) is 1.35. The monoisotopic (exact) mass is 411 g/mol. The number of amides is 1. The van der Waals surface area contributed by atoms with Crippen LogP contribution in [0.2, 0.25) is 0 Å². The van der Waals surface area contributed by atoms with Crippen LogP contribution in [0.1, 0.15) is 73.7 Å². The standard InChI is InChI=1S/C24H33N3O3/c1-17-22(24(2,3)29)25-21(30-17)16-18-10-6-7-15-27(18)23(28)19-11-4-5-12-20(19)26-13-8-9-14-26/h4-5,11-12,18,29H,6-10,13-16H2,1-3H3. The number of benzene rings is 1. The molecule has 0 saturated carbocycles. The third-order valence-corrected chi connectivity index (χ3v) is 6.30. The Hall–Kier alpha value is -2.34. The summed E-state index contributed by atoms with van der Waals surface area (Å²) in [6.45, 7) is 8.06. The number of aryl methyl sites for hydroxylation is 1. The molecule has 1 atom stereocenters. The van der Waals surface area contributed by atoms with Crippen molar-refractivity contribution in [1.29, 1.82) is 0 Å². The van der Waals surface area contributed by atoms with E-state index in [0.717, 1.165) is 50.1 Å². The molecule has 0 spiro atoms. The number of rotatable bonds is 5. The van der Waals surface area contributed by atoms with Gasteiger partial charge in [-0.15, -0.1) is 0 Å². The summed E-state index contributed by atoms with van der Waals surface area (Å²) in [5, 5.41) is 10.3. The summed E-state index contributed by atoms with van der Waals surface area (Å²) < 4.78 is 5.87. The van der Waals surface area contributed by atoms with Crippen molar-refractivity contribution in [2.45, 2.75) is 70.9 Å². The smallest absolute Gasteiger partial charge is 0.256 e. The summed E-state index contributed by atoms with van der Waals surface area (Å²) in [5.41, 5.74) is 1.39.